The molecule has 3 atom stereocenters. The van der Waals surface area contributed by atoms with Gasteiger partial charge in [-0.25, -0.2) is 0 Å². The second-order valence-electron chi connectivity index (χ2n) is 8.18. The Morgan fingerprint density at radius 2 is 1.38 bits per heavy atom. The minimum absolute atomic E-state index is 0.294. The number of rotatable bonds is 0. The first-order valence-corrected chi connectivity index (χ1v) is 6.66. The second kappa shape index (κ2) is 4.01. The van der Waals surface area contributed by atoms with Crippen LogP contribution in [0.15, 0.2) is 0 Å². The molecule has 0 aromatic carbocycles. The Kier molecular flexibility index (Phi) is 3.52. The van der Waals surface area contributed by atoms with E-state index < -0.39 is 5.60 Å². The smallest absolute Gasteiger partial charge is 0.0622 e. The first-order valence-electron chi connectivity index (χ1n) is 6.66. The fraction of sp³-hybridized carbons (Fsp3) is 1.00. The molecule has 0 saturated heterocycles. The summed E-state index contributed by atoms with van der Waals surface area (Å²) in [6, 6.07) is 0. The van der Waals surface area contributed by atoms with Gasteiger partial charge >= 0.3 is 0 Å². The zero-order valence-electron chi connectivity index (χ0n) is 12.2. The lowest BCUT2D eigenvalue weighted by molar-refractivity contribution is -0.0754. The van der Waals surface area contributed by atoms with Gasteiger partial charge in [-0.05, 0) is 48.9 Å². The van der Waals surface area contributed by atoms with Crippen molar-refractivity contribution in [3.8, 4) is 0 Å². The molecule has 3 unspecified atom stereocenters. The van der Waals surface area contributed by atoms with Crippen molar-refractivity contribution in [2.75, 3.05) is 0 Å². The molecule has 1 nitrogen and oxygen atoms in total. The maximum Gasteiger partial charge on any atom is 0.0622 e. The predicted molar refractivity (Wildman–Crippen MR) is 70.4 cm³/mol. The van der Waals surface area contributed by atoms with Crippen molar-refractivity contribution < 1.29 is 5.11 Å². The van der Waals surface area contributed by atoms with Gasteiger partial charge in [0.25, 0.3) is 0 Å². The number of hydrogen-bond acceptors (Lipinski definition) is 1. The van der Waals surface area contributed by atoms with Crippen molar-refractivity contribution >= 4 is 0 Å². The average Bonchev–Trinajstić information content (AvgIpc) is 1.97. The summed E-state index contributed by atoms with van der Waals surface area (Å²) in [5.41, 5.74) is 0.205. The normalized spacial score (nSPS) is 37.5. The van der Waals surface area contributed by atoms with E-state index >= 15 is 0 Å². The van der Waals surface area contributed by atoms with E-state index in [4.69, 9.17) is 0 Å². The van der Waals surface area contributed by atoms with Gasteiger partial charge in [0.1, 0.15) is 0 Å². The van der Waals surface area contributed by atoms with Gasteiger partial charge in [0, 0.05) is 0 Å². The van der Waals surface area contributed by atoms with Crippen LogP contribution >= 0.6 is 0 Å². The van der Waals surface area contributed by atoms with Crippen LogP contribution in [0.2, 0.25) is 0 Å². The van der Waals surface area contributed by atoms with Crippen LogP contribution < -0.4 is 0 Å². The Bertz CT molecular complexity index is 239. The maximum atomic E-state index is 10.3. The molecule has 16 heavy (non-hydrogen) atoms. The molecule has 1 aliphatic carbocycles. The zero-order valence-corrected chi connectivity index (χ0v) is 12.2. The van der Waals surface area contributed by atoms with Crippen LogP contribution in [0.1, 0.15) is 67.7 Å². The summed E-state index contributed by atoms with van der Waals surface area (Å²) in [6.07, 6.45) is 3.08. The largest absolute Gasteiger partial charge is 0.390 e. The zero-order chi connectivity index (χ0) is 12.8. The van der Waals surface area contributed by atoms with E-state index in [1.807, 2.05) is 6.92 Å². The van der Waals surface area contributed by atoms with E-state index in [1.165, 1.54) is 6.42 Å². The third kappa shape index (κ3) is 3.23. The first kappa shape index (κ1) is 14.0. The summed E-state index contributed by atoms with van der Waals surface area (Å²) >= 11 is 0. The molecular formula is C15H30O. The number of hydrogen-bond donors (Lipinski definition) is 1. The lowest BCUT2D eigenvalue weighted by atomic mass is 9.56. The molecule has 0 heterocycles. The summed E-state index contributed by atoms with van der Waals surface area (Å²) in [6.45, 7) is 16.0. The van der Waals surface area contributed by atoms with Gasteiger partial charge in [0.15, 0.2) is 0 Å². The van der Waals surface area contributed by atoms with Gasteiger partial charge in [0.05, 0.1) is 5.60 Å². The van der Waals surface area contributed by atoms with Crippen molar-refractivity contribution in [2.24, 2.45) is 22.7 Å². The van der Waals surface area contributed by atoms with Crippen LogP contribution in [0, 0.1) is 22.7 Å². The molecule has 0 aliphatic heterocycles. The Labute approximate surface area is 102 Å². The minimum atomic E-state index is -0.445. The summed E-state index contributed by atoms with van der Waals surface area (Å²) in [7, 11) is 0. The highest BCUT2D eigenvalue weighted by Crippen LogP contribution is 2.51. The van der Waals surface area contributed by atoms with Gasteiger partial charge < -0.3 is 5.11 Å². The van der Waals surface area contributed by atoms with E-state index in [0.29, 0.717) is 16.7 Å². The molecule has 0 spiro atoms. The van der Waals surface area contributed by atoms with E-state index in [1.54, 1.807) is 0 Å². The molecule has 1 rings (SSSR count). The van der Waals surface area contributed by atoms with E-state index in [2.05, 4.69) is 41.5 Å². The van der Waals surface area contributed by atoms with Crippen LogP contribution in [0.4, 0.5) is 0 Å². The predicted octanol–water partition coefficient (Wildman–Crippen LogP) is 4.25. The molecule has 0 aromatic heterocycles. The standard InChI is InChI=1S/C15H30O/c1-13(2,3)11-8-9-15(7,16)10-12(11)14(4,5)6/h11-12,16H,8-10H2,1-7H3. The molecule has 1 heteroatoms. The maximum absolute atomic E-state index is 10.3. The molecule has 0 aromatic rings. The Hall–Kier alpha value is -0.0400. The summed E-state index contributed by atoms with van der Waals surface area (Å²) in [5.74, 6) is 1.35. The highest BCUT2D eigenvalue weighted by atomic mass is 16.3. The van der Waals surface area contributed by atoms with Crippen LogP contribution in [-0.4, -0.2) is 10.7 Å². The Morgan fingerprint density at radius 3 is 1.75 bits per heavy atom. The quantitative estimate of drug-likeness (QED) is 0.655. The van der Waals surface area contributed by atoms with Crippen LogP contribution in [0.3, 0.4) is 0 Å². The minimum Gasteiger partial charge on any atom is -0.390 e. The molecular weight excluding hydrogens is 196 g/mol. The van der Waals surface area contributed by atoms with E-state index in [9.17, 15) is 5.11 Å². The number of aliphatic hydroxyl groups is 1. The van der Waals surface area contributed by atoms with E-state index in [0.717, 1.165) is 18.8 Å². The second-order valence-corrected chi connectivity index (χ2v) is 8.18. The molecule has 1 fully saturated rings. The van der Waals surface area contributed by atoms with Gasteiger partial charge in [-0.3, -0.25) is 0 Å². The molecule has 1 saturated carbocycles. The van der Waals surface area contributed by atoms with Gasteiger partial charge in [-0.15, -0.1) is 0 Å². The molecule has 1 N–H and O–H groups in total. The Morgan fingerprint density at radius 1 is 0.938 bits per heavy atom. The fourth-order valence-corrected chi connectivity index (χ4v) is 3.33. The fourth-order valence-electron chi connectivity index (χ4n) is 3.33. The summed E-state index contributed by atoms with van der Waals surface area (Å²) in [5, 5.41) is 10.3. The lowest BCUT2D eigenvalue weighted by Crippen LogP contribution is -2.46. The Balaban J connectivity index is 2.94. The van der Waals surface area contributed by atoms with Crippen LogP contribution in [0.25, 0.3) is 0 Å². The van der Waals surface area contributed by atoms with Gasteiger partial charge in [-0.2, -0.15) is 0 Å². The highest BCUT2D eigenvalue weighted by molar-refractivity contribution is 4.96. The van der Waals surface area contributed by atoms with Crippen molar-refractivity contribution in [1.29, 1.82) is 0 Å². The van der Waals surface area contributed by atoms with Gasteiger partial charge in [-0.1, -0.05) is 41.5 Å². The average molecular weight is 226 g/mol. The summed E-state index contributed by atoms with van der Waals surface area (Å²) < 4.78 is 0. The first-order chi connectivity index (χ1) is 6.93. The molecule has 0 bridgehead atoms. The van der Waals surface area contributed by atoms with Crippen molar-refractivity contribution in [3.05, 3.63) is 0 Å². The molecule has 0 amide bonds. The highest BCUT2D eigenvalue weighted by Gasteiger charge is 2.45. The third-order valence-electron chi connectivity index (χ3n) is 4.36. The van der Waals surface area contributed by atoms with Crippen molar-refractivity contribution in [1.82, 2.24) is 0 Å². The third-order valence-corrected chi connectivity index (χ3v) is 4.36. The van der Waals surface area contributed by atoms with Crippen molar-refractivity contribution in [3.63, 3.8) is 0 Å². The lowest BCUT2D eigenvalue weighted by Gasteiger charge is -2.50. The van der Waals surface area contributed by atoms with Crippen molar-refractivity contribution in [2.45, 2.75) is 73.3 Å². The topological polar surface area (TPSA) is 20.2 Å². The van der Waals surface area contributed by atoms with Gasteiger partial charge in [0.2, 0.25) is 0 Å². The molecule has 96 valence electrons. The molecule has 0 radical (unpaired) electrons. The van der Waals surface area contributed by atoms with Crippen LogP contribution in [0.5, 0.6) is 0 Å². The molecule has 1 aliphatic rings. The SMILES string of the molecule is CC1(O)CCC(C(C)(C)C)C(C(C)(C)C)C1. The summed E-state index contributed by atoms with van der Waals surface area (Å²) in [4.78, 5) is 0. The monoisotopic (exact) mass is 226 g/mol. The van der Waals surface area contributed by atoms with Crippen LogP contribution in [-0.2, 0) is 0 Å². The van der Waals surface area contributed by atoms with E-state index in [-0.39, 0.29) is 0 Å².